The molecule has 0 N–H and O–H groups in total. The van der Waals surface area contributed by atoms with Crippen LogP contribution in [0.1, 0.15) is 21.7 Å². The molecule has 1 saturated heterocycles. The number of anilines is 1. The minimum Gasteiger partial charge on any atom is -0.355 e. The highest BCUT2D eigenvalue weighted by atomic mass is 35.5. The molecule has 0 unspecified atom stereocenters. The first kappa shape index (κ1) is 20.0. The van der Waals surface area contributed by atoms with Gasteiger partial charge < -0.3 is 9.80 Å². The molecule has 0 bridgehead atoms. The van der Waals surface area contributed by atoms with Crippen LogP contribution in [0.4, 0.5) is 19.0 Å². The highest BCUT2D eigenvalue weighted by Crippen LogP contribution is 2.36. The summed E-state index contributed by atoms with van der Waals surface area (Å²) in [4.78, 5) is 21.2. The summed E-state index contributed by atoms with van der Waals surface area (Å²) < 4.78 is 39.2. The third kappa shape index (κ3) is 4.04. The summed E-state index contributed by atoms with van der Waals surface area (Å²) >= 11 is 7.82. The van der Waals surface area contributed by atoms with E-state index in [2.05, 4.69) is 4.98 Å². The number of rotatable bonds is 2. The molecule has 9 heteroatoms. The van der Waals surface area contributed by atoms with Crippen LogP contribution in [-0.2, 0) is 6.18 Å². The maximum absolute atomic E-state index is 13.0. The summed E-state index contributed by atoms with van der Waals surface area (Å²) in [6, 6.07) is 10.0. The number of fused-ring (bicyclic) bond motifs is 1. The average Bonchev–Trinajstić information content (AvgIpc) is 2.89. The van der Waals surface area contributed by atoms with Crippen LogP contribution < -0.4 is 4.90 Å². The number of thiophene rings is 1. The number of nitrogens with zero attached hydrogens (tertiary/aromatic N) is 3. The normalized spacial score (nSPS) is 15.6. The molecule has 1 aliphatic heterocycles. The molecule has 0 aliphatic carbocycles. The number of amides is 1. The van der Waals surface area contributed by atoms with Crippen molar-refractivity contribution in [2.24, 2.45) is 0 Å². The first-order chi connectivity index (χ1) is 13.8. The molecule has 4 nitrogen and oxygen atoms in total. The fraction of sp³-hybridized carbons (Fsp3) is 0.300. The van der Waals surface area contributed by atoms with Crippen LogP contribution in [0, 0.1) is 0 Å². The fourth-order valence-corrected chi connectivity index (χ4v) is 4.87. The lowest BCUT2D eigenvalue weighted by Gasteiger charge is -2.23. The van der Waals surface area contributed by atoms with Crippen LogP contribution in [0.25, 0.3) is 10.1 Å². The van der Waals surface area contributed by atoms with E-state index in [1.165, 1.54) is 17.4 Å². The second-order valence-corrected chi connectivity index (χ2v) is 8.21. The van der Waals surface area contributed by atoms with Gasteiger partial charge in [-0.1, -0.05) is 29.8 Å². The molecule has 3 aromatic rings. The van der Waals surface area contributed by atoms with E-state index in [0.29, 0.717) is 48.3 Å². The first-order valence-corrected chi connectivity index (χ1v) is 10.3. The summed E-state index contributed by atoms with van der Waals surface area (Å²) in [7, 11) is 0. The molecule has 0 atom stereocenters. The minimum absolute atomic E-state index is 0.113. The summed E-state index contributed by atoms with van der Waals surface area (Å²) in [5.74, 6) is 0.366. The van der Waals surface area contributed by atoms with E-state index in [-0.39, 0.29) is 5.91 Å². The topological polar surface area (TPSA) is 36.4 Å². The standard InChI is InChI=1S/C20H17ClF3N3OS/c21-17-14-4-1-2-5-15(14)29-18(17)19(28)27-9-3-8-26(10-11-27)16-7-6-13(12-25-16)20(22,23)24/h1-2,4-7,12H,3,8-11H2. The minimum atomic E-state index is -4.41. The van der Waals surface area contributed by atoms with Gasteiger partial charge in [0.1, 0.15) is 10.7 Å². The van der Waals surface area contributed by atoms with E-state index in [0.717, 1.165) is 22.3 Å². The summed E-state index contributed by atoms with van der Waals surface area (Å²) in [5, 5.41) is 1.34. The van der Waals surface area contributed by atoms with Crippen molar-refractivity contribution in [1.82, 2.24) is 9.88 Å². The van der Waals surface area contributed by atoms with Gasteiger partial charge in [-0.3, -0.25) is 4.79 Å². The smallest absolute Gasteiger partial charge is 0.355 e. The fourth-order valence-electron chi connectivity index (χ4n) is 3.39. The summed E-state index contributed by atoms with van der Waals surface area (Å²) in [5.41, 5.74) is -0.771. The lowest BCUT2D eigenvalue weighted by atomic mass is 10.2. The van der Waals surface area contributed by atoms with Crippen LogP contribution in [-0.4, -0.2) is 42.0 Å². The van der Waals surface area contributed by atoms with Gasteiger partial charge in [0.05, 0.1) is 10.6 Å². The van der Waals surface area contributed by atoms with Gasteiger partial charge in [0.25, 0.3) is 5.91 Å². The van der Waals surface area contributed by atoms with Crippen molar-refractivity contribution in [2.75, 3.05) is 31.1 Å². The molecule has 3 heterocycles. The third-order valence-corrected chi connectivity index (χ3v) is 6.57. The Kier molecular flexibility index (Phi) is 5.40. The van der Waals surface area contributed by atoms with Gasteiger partial charge in [0, 0.05) is 42.5 Å². The Labute approximate surface area is 174 Å². The lowest BCUT2D eigenvalue weighted by Crippen LogP contribution is -2.35. The number of carbonyl (C=O) groups is 1. The largest absolute Gasteiger partial charge is 0.417 e. The van der Waals surface area contributed by atoms with Crippen LogP contribution in [0.5, 0.6) is 0 Å². The molecule has 1 aliphatic rings. The quantitative estimate of drug-likeness (QED) is 0.542. The monoisotopic (exact) mass is 439 g/mol. The molecule has 1 fully saturated rings. The highest BCUT2D eigenvalue weighted by Gasteiger charge is 2.31. The molecule has 2 aromatic heterocycles. The van der Waals surface area contributed by atoms with Crippen molar-refractivity contribution in [1.29, 1.82) is 0 Å². The van der Waals surface area contributed by atoms with Gasteiger partial charge in [0.2, 0.25) is 0 Å². The lowest BCUT2D eigenvalue weighted by molar-refractivity contribution is -0.137. The third-order valence-electron chi connectivity index (χ3n) is 4.91. The zero-order valence-electron chi connectivity index (χ0n) is 15.2. The van der Waals surface area contributed by atoms with E-state index >= 15 is 0 Å². The van der Waals surface area contributed by atoms with E-state index in [4.69, 9.17) is 11.6 Å². The van der Waals surface area contributed by atoms with Crippen LogP contribution in [0.3, 0.4) is 0 Å². The molecule has 0 saturated carbocycles. The molecule has 29 heavy (non-hydrogen) atoms. The van der Waals surface area contributed by atoms with E-state index in [9.17, 15) is 18.0 Å². The molecule has 152 valence electrons. The van der Waals surface area contributed by atoms with Crippen molar-refractivity contribution in [3.05, 3.63) is 58.1 Å². The molecule has 1 amide bonds. The molecular weight excluding hydrogens is 423 g/mol. The van der Waals surface area contributed by atoms with Crippen molar-refractivity contribution in [2.45, 2.75) is 12.6 Å². The number of carbonyl (C=O) groups excluding carboxylic acids is 1. The summed E-state index contributed by atoms with van der Waals surface area (Å²) in [6.07, 6.45) is -2.87. The number of hydrogen-bond donors (Lipinski definition) is 0. The van der Waals surface area contributed by atoms with E-state index in [1.807, 2.05) is 29.2 Å². The Morgan fingerprint density at radius 2 is 1.86 bits per heavy atom. The van der Waals surface area contributed by atoms with Crippen molar-refractivity contribution in [3.8, 4) is 0 Å². The molecule has 0 radical (unpaired) electrons. The van der Waals surface area contributed by atoms with Gasteiger partial charge >= 0.3 is 6.18 Å². The van der Waals surface area contributed by atoms with E-state index in [1.54, 1.807) is 4.90 Å². The van der Waals surface area contributed by atoms with Crippen molar-refractivity contribution in [3.63, 3.8) is 0 Å². The Balaban J connectivity index is 1.48. The van der Waals surface area contributed by atoms with Crippen molar-refractivity contribution < 1.29 is 18.0 Å². The number of hydrogen-bond acceptors (Lipinski definition) is 4. The predicted molar refractivity (Wildman–Crippen MR) is 109 cm³/mol. The first-order valence-electron chi connectivity index (χ1n) is 9.09. The van der Waals surface area contributed by atoms with Gasteiger partial charge in [-0.2, -0.15) is 13.2 Å². The van der Waals surface area contributed by atoms with Gasteiger partial charge in [-0.05, 0) is 24.6 Å². The zero-order valence-corrected chi connectivity index (χ0v) is 16.8. The number of pyridine rings is 1. The Morgan fingerprint density at radius 3 is 2.55 bits per heavy atom. The summed E-state index contributed by atoms with van der Waals surface area (Å²) in [6.45, 7) is 2.11. The molecule has 0 spiro atoms. The van der Waals surface area contributed by atoms with Crippen LogP contribution in [0.15, 0.2) is 42.6 Å². The van der Waals surface area contributed by atoms with Crippen molar-refractivity contribution >= 4 is 44.7 Å². The SMILES string of the molecule is O=C(c1sc2ccccc2c1Cl)N1CCCN(c2ccc(C(F)(F)F)cn2)CC1. The van der Waals surface area contributed by atoms with E-state index < -0.39 is 11.7 Å². The van der Waals surface area contributed by atoms with Gasteiger partial charge in [-0.15, -0.1) is 11.3 Å². The zero-order chi connectivity index (χ0) is 20.6. The highest BCUT2D eigenvalue weighted by molar-refractivity contribution is 7.21. The maximum atomic E-state index is 13.0. The van der Waals surface area contributed by atoms with Gasteiger partial charge in [-0.25, -0.2) is 4.98 Å². The number of alkyl halides is 3. The Morgan fingerprint density at radius 1 is 1.07 bits per heavy atom. The van der Waals surface area contributed by atoms with Crippen LogP contribution >= 0.6 is 22.9 Å². The molecule has 4 rings (SSSR count). The molecule has 1 aromatic carbocycles. The Bertz CT molecular complexity index is 1040. The maximum Gasteiger partial charge on any atom is 0.417 e. The van der Waals surface area contributed by atoms with Crippen LogP contribution in [0.2, 0.25) is 5.02 Å². The number of benzene rings is 1. The average molecular weight is 440 g/mol. The molecular formula is C20H17ClF3N3OS. The Hall–Kier alpha value is -2.32. The second kappa shape index (κ2) is 7.84. The number of halogens is 4. The van der Waals surface area contributed by atoms with Gasteiger partial charge in [0.15, 0.2) is 0 Å². The number of aromatic nitrogens is 1. The second-order valence-electron chi connectivity index (χ2n) is 6.78. The predicted octanol–water partition coefficient (Wildman–Crippen LogP) is 5.32.